The van der Waals surface area contributed by atoms with Crippen molar-refractivity contribution in [3.63, 3.8) is 0 Å². The molecule has 0 fully saturated rings. The number of nitrogens with one attached hydrogen (secondary N) is 1. The van der Waals surface area contributed by atoms with E-state index in [1.165, 1.54) is 6.07 Å². The first kappa shape index (κ1) is 20.0. The number of carbonyl (C=O) groups excluding carboxylic acids is 1. The third kappa shape index (κ3) is 3.86. The Bertz CT molecular complexity index is 1500. The van der Waals surface area contributed by atoms with Gasteiger partial charge in [-0.3, -0.25) is 9.59 Å². The molecule has 0 spiro atoms. The molecule has 32 heavy (non-hydrogen) atoms. The molecule has 0 aliphatic heterocycles. The fourth-order valence-corrected chi connectivity index (χ4v) is 4.04. The van der Waals surface area contributed by atoms with Gasteiger partial charge in [-0.05, 0) is 47.0 Å². The van der Waals surface area contributed by atoms with Gasteiger partial charge in [-0.1, -0.05) is 54.1 Å². The number of nitrogens with zero attached hydrogens (tertiary/aromatic N) is 2. The summed E-state index contributed by atoms with van der Waals surface area (Å²) in [4.78, 5) is 32.6. The van der Waals surface area contributed by atoms with Crippen molar-refractivity contribution in [3.05, 3.63) is 124 Å². The lowest BCUT2D eigenvalue weighted by molar-refractivity contribution is 0.103. The molecule has 0 saturated heterocycles. The van der Waals surface area contributed by atoms with Crippen molar-refractivity contribution in [3.8, 4) is 11.1 Å². The van der Waals surface area contributed by atoms with Crippen LogP contribution in [0.4, 0.5) is 0 Å². The Labute approximate surface area is 188 Å². The van der Waals surface area contributed by atoms with Crippen LogP contribution in [0.1, 0.15) is 21.6 Å². The average Bonchev–Trinajstić information content (AvgIpc) is 3.26. The Kier molecular flexibility index (Phi) is 5.17. The number of imidazole rings is 1. The Morgan fingerprint density at radius 2 is 1.81 bits per heavy atom. The van der Waals surface area contributed by atoms with E-state index in [9.17, 15) is 9.59 Å². The number of hydrogen-bond acceptors (Lipinski definition) is 3. The molecule has 0 bridgehead atoms. The minimum Gasteiger partial charge on any atom is -0.323 e. The minimum atomic E-state index is -0.215. The molecule has 0 unspecified atom stereocenters. The summed E-state index contributed by atoms with van der Waals surface area (Å²) in [6, 6.07) is 24.1. The molecule has 0 aliphatic rings. The molecule has 0 saturated carbocycles. The Hall–Kier alpha value is -3.96. The Morgan fingerprint density at radius 1 is 0.969 bits per heavy atom. The summed E-state index contributed by atoms with van der Waals surface area (Å²) in [5, 5.41) is 1.35. The van der Waals surface area contributed by atoms with Crippen molar-refractivity contribution < 1.29 is 4.79 Å². The molecule has 5 rings (SSSR count). The van der Waals surface area contributed by atoms with Gasteiger partial charge in [0, 0.05) is 34.1 Å². The van der Waals surface area contributed by atoms with E-state index >= 15 is 0 Å². The number of aromatic amines is 1. The summed E-state index contributed by atoms with van der Waals surface area (Å²) < 4.78 is 1.84. The van der Waals surface area contributed by atoms with E-state index < -0.39 is 0 Å². The summed E-state index contributed by atoms with van der Waals surface area (Å²) in [5.41, 5.74) is 4.07. The van der Waals surface area contributed by atoms with Crippen molar-refractivity contribution in [2.45, 2.75) is 6.54 Å². The minimum absolute atomic E-state index is 0.136. The molecular weight excluding hydrogens is 422 g/mol. The van der Waals surface area contributed by atoms with Crippen LogP contribution in [0.3, 0.4) is 0 Å². The van der Waals surface area contributed by atoms with E-state index in [-0.39, 0.29) is 11.3 Å². The summed E-state index contributed by atoms with van der Waals surface area (Å²) in [5.74, 6) is -0.136. The summed E-state index contributed by atoms with van der Waals surface area (Å²) in [7, 11) is 0. The number of carbonyl (C=O) groups is 1. The molecule has 0 amide bonds. The molecule has 0 radical (unpaired) electrons. The molecule has 0 aliphatic carbocycles. The number of rotatable bonds is 5. The Morgan fingerprint density at radius 3 is 2.62 bits per heavy atom. The van der Waals surface area contributed by atoms with E-state index in [0.717, 1.165) is 22.1 Å². The topological polar surface area (TPSA) is 67.8 Å². The van der Waals surface area contributed by atoms with Gasteiger partial charge in [-0.2, -0.15) is 0 Å². The van der Waals surface area contributed by atoms with Gasteiger partial charge in [0.1, 0.15) is 5.69 Å². The van der Waals surface area contributed by atoms with Gasteiger partial charge in [0.2, 0.25) is 11.3 Å². The third-order valence-corrected chi connectivity index (χ3v) is 5.62. The Balaban J connectivity index is 1.58. The highest BCUT2D eigenvalue weighted by atomic mass is 35.5. The van der Waals surface area contributed by atoms with Gasteiger partial charge in [0.25, 0.3) is 0 Å². The summed E-state index contributed by atoms with van der Waals surface area (Å²) >= 11 is 6.17. The zero-order chi connectivity index (χ0) is 22.1. The van der Waals surface area contributed by atoms with Crippen molar-refractivity contribution in [2.24, 2.45) is 0 Å². The number of benzene rings is 3. The maximum Gasteiger partial charge on any atom is 0.249 e. The molecule has 5 aromatic rings. The number of fused-ring (bicyclic) bond motifs is 1. The molecule has 3 aromatic carbocycles. The van der Waals surface area contributed by atoms with E-state index in [0.29, 0.717) is 28.3 Å². The molecule has 0 atom stereocenters. The van der Waals surface area contributed by atoms with Gasteiger partial charge < -0.3 is 9.55 Å². The maximum atomic E-state index is 13.4. The number of hydrogen-bond donors (Lipinski definition) is 1. The van der Waals surface area contributed by atoms with Crippen LogP contribution in [0.25, 0.3) is 22.0 Å². The SMILES string of the molecule is O=C(c1ccc2[nH]c(=O)cc(-c3cccc(Cl)c3)c2c1)c1cncn1Cc1ccccc1. The van der Waals surface area contributed by atoms with Crippen LogP contribution < -0.4 is 5.56 Å². The van der Waals surface area contributed by atoms with Crippen LogP contribution in [0.15, 0.2) is 96.2 Å². The second-order valence-corrected chi connectivity index (χ2v) is 7.98. The number of ketones is 1. The monoisotopic (exact) mass is 439 g/mol. The molecule has 1 N–H and O–H groups in total. The van der Waals surface area contributed by atoms with Gasteiger partial charge in [-0.25, -0.2) is 4.98 Å². The fraction of sp³-hybridized carbons (Fsp3) is 0.0385. The zero-order valence-electron chi connectivity index (χ0n) is 17.0. The predicted molar refractivity (Wildman–Crippen MR) is 126 cm³/mol. The molecular formula is C26H18ClN3O2. The molecule has 6 heteroatoms. The normalized spacial score (nSPS) is 11.0. The van der Waals surface area contributed by atoms with Crippen LogP contribution in [-0.2, 0) is 6.54 Å². The van der Waals surface area contributed by atoms with Crippen LogP contribution in [0.2, 0.25) is 5.02 Å². The lowest BCUT2D eigenvalue weighted by atomic mass is 9.98. The van der Waals surface area contributed by atoms with Gasteiger partial charge in [-0.15, -0.1) is 0 Å². The number of H-pyrrole nitrogens is 1. The van der Waals surface area contributed by atoms with E-state index in [2.05, 4.69) is 9.97 Å². The zero-order valence-corrected chi connectivity index (χ0v) is 17.7. The smallest absolute Gasteiger partial charge is 0.249 e. The first-order valence-electron chi connectivity index (χ1n) is 10.1. The van der Waals surface area contributed by atoms with E-state index in [1.54, 1.807) is 36.8 Å². The summed E-state index contributed by atoms with van der Waals surface area (Å²) in [6.07, 6.45) is 3.25. The number of halogens is 1. The third-order valence-electron chi connectivity index (χ3n) is 5.38. The van der Waals surface area contributed by atoms with E-state index in [4.69, 9.17) is 11.6 Å². The maximum absolute atomic E-state index is 13.4. The molecule has 2 aromatic heterocycles. The number of aromatic nitrogens is 3. The highest BCUT2D eigenvalue weighted by Crippen LogP contribution is 2.29. The van der Waals surface area contributed by atoms with Crippen molar-refractivity contribution in [1.29, 1.82) is 0 Å². The van der Waals surface area contributed by atoms with Crippen LogP contribution in [0.5, 0.6) is 0 Å². The summed E-state index contributed by atoms with van der Waals surface area (Å²) in [6.45, 7) is 0.552. The molecule has 156 valence electrons. The standard InChI is InChI=1S/C26H18ClN3O2/c27-20-8-4-7-18(11-20)21-13-25(31)29-23-10-9-19(12-22(21)23)26(32)24-14-28-16-30(24)15-17-5-2-1-3-6-17/h1-14,16H,15H2,(H,29,31). The van der Waals surface area contributed by atoms with Crippen LogP contribution in [0, 0.1) is 0 Å². The fourth-order valence-electron chi connectivity index (χ4n) is 3.85. The van der Waals surface area contributed by atoms with Crippen LogP contribution in [-0.4, -0.2) is 20.3 Å². The first-order valence-corrected chi connectivity index (χ1v) is 10.5. The lowest BCUT2D eigenvalue weighted by Gasteiger charge is -2.10. The average molecular weight is 440 g/mol. The van der Waals surface area contributed by atoms with Crippen molar-refractivity contribution in [1.82, 2.24) is 14.5 Å². The number of pyridine rings is 1. The highest BCUT2D eigenvalue weighted by Gasteiger charge is 2.16. The largest absolute Gasteiger partial charge is 0.323 e. The van der Waals surface area contributed by atoms with Crippen molar-refractivity contribution >= 4 is 28.3 Å². The van der Waals surface area contributed by atoms with E-state index in [1.807, 2.05) is 53.1 Å². The molecule has 5 nitrogen and oxygen atoms in total. The van der Waals surface area contributed by atoms with Gasteiger partial charge >= 0.3 is 0 Å². The van der Waals surface area contributed by atoms with Gasteiger partial charge in [0.05, 0.1) is 12.5 Å². The van der Waals surface area contributed by atoms with Crippen molar-refractivity contribution in [2.75, 3.05) is 0 Å². The van der Waals surface area contributed by atoms with Crippen LogP contribution >= 0.6 is 11.6 Å². The molecule has 2 heterocycles. The lowest BCUT2D eigenvalue weighted by Crippen LogP contribution is -2.11. The second kappa shape index (κ2) is 8.29. The second-order valence-electron chi connectivity index (χ2n) is 7.54. The highest BCUT2D eigenvalue weighted by molar-refractivity contribution is 6.30. The quantitative estimate of drug-likeness (QED) is 0.376. The first-order chi connectivity index (χ1) is 15.6. The van der Waals surface area contributed by atoms with Gasteiger partial charge in [0.15, 0.2) is 0 Å². The predicted octanol–water partition coefficient (Wildman–Crippen LogP) is 5.32.